The van der Waals surface area contributed by atoms with Crippen LogP contribution in [0.25, 0.3) is 0 Å². The van der Waals surface area contributed by atoms with Gasteiger partial charge in [0.05, 0.1) is 5.56 Å². The second kappa shape index (κ2) is 6.78. The molecule has 0 spiro atoms. The highest BCUT2D eigenvalue weighted by Gasteiger charge is 2.21. The summed E-state index contributed by atoms with van der Waals surface area (Å²) >= 11 is 0. The Labute approximate surface area is 113 Å². The molecule has 1 aromatic carbocycles. The van der Waals surface area contributed by atoms with Crippen LogP contribution in [0.5, 0.6) is 5.75 Å². The molecular formula is C14H20N2O3. The lowest BCUT2D eigenvalue weighted by Crippen LogP contribution is -2.40. The molecule has 0 radical (unpaired) electrons. The molecule has 0 atom stereocenters. The van der Waals surface area contributed by atoms with Crippen LogP contribution in [-0.2, 0) is 4.79 Å². The van der Waals surface area contributed by atoms with E-state index in [-0.39, 0.29) is 29.7 Å². The fraction of sp³-hybridized carbons (Fsp3) is 0.429. The van der Waals surface area contributed by atoms with Gasteiger partial charge in [-0.2, -0.15) is 0 Å². The molecule has 1 aromatic rings. The van der Waals surface area contributed by atoms with Crippen molar-refractivity contribution in [3.05, 3.63) is 29.8 Å². The van der Waals surface area contributed by atoms with Gasteiger partial charge in [0.15, 0.2) is 0 Å². The smallest absolute Gasteiger partial charge is 0.258 e. The summed E-state index contributed by atoms with van der Waals surface area (Å²) in [5.74, 6) is -0.529. The Balaban J connectivity index is 2.90. The van der Waals surface area contributed by atoms with Gasteiger partial charge in [-0.05, 0) is 18.6 Å². The average molecular weight is 264 g/mol. The van der Waals surface area contributed by atoms with E-state index in [1.165, 1.54) is 15.9 Å². The maximum Gasteiger partial charge on any atom is 0.258 e. The molecule has 5 heteroatoms. The number of hydrogen-bond donors (Lipinski definition) is 1. The molecule has 0 fully saturated rings. The SMILES string of the molecule is CCCN(CC(=O)N(C)C)C(=O)c1ccccc1O. The molecule has 0 aliphatic carbocycles. The van der Waals surface area contributed by atoms with Crippen LogP contribution in [0.2, 0.25) is 0 Å². The van der Waals surface area contributed by atoms with Crippen molar-refractivity contribution in [2.75, 3.05) is 27.2 Å². The second-order valence-electron chi connectivity index (χ2n) is 4.53. The highest BCUT2D eigenvalue weighted by Crippen LogP contribution is 2.18. The number of carbonyl (C=O) groups is 2. The topological polar surface area (TPSA) is 60.9 Å². The minimum Gasteiger partial charge on any atom is -0.507 e. The first-order valence-electron chi connectivity index (χ1n) is 6.24. The quantitative estimate of drug-likeness (QED) is 0.873. The molecule has 104 valence electrons. The molecular weight excluding hydrogens is 244 g/mol. The Morgan fingerprint density at radius 2 is 1.84 bits per heavy atom. The third-order valence-electron chi connectivity index (χ3n) is 2.74. The standard InChI is InChI=1S/C14H20N2O3/c1-4-9-16(10-13(18)15(2)3)14(19)11-7-5-6-8-12(11)17/h5-8,17H,4,9-10H2,1-3H3. The van der Waals surface area contributed by atoms with Crippen LogP contribution in [0, 0.1) is 0 Å². The van der Waals surface area contributed by atoms with E-state index in [9.17, 15) is 14.7 Å². The van der Waals surface area contributed by atoms with E-state index in [2.05, 4.69) is 0 Å². The molecule has 0 aliphatic rings. The van der Waals surface area contributed by atoms with Gasteiger partial charge in [0.25, 0.3) is 5.91 Å². The monoisotopic (exact) mass is 264 g/mol. The zero-order chi connectivity index (χ0) is 14.4. The highest BCUT2D eigenvalue weighted by molar-refractivity contribution is 5.98. The van der Waals surface area contributed by atoms with E-state index in [1.807, 2.05) is 6.92 Å². The number of para-hydroxylation sites is 1. The van der Waals surface area contributed by atoms with Crippen LogP contribution in [0.3, 0.4) is 0 Å². The third kappa shape index (κ3) is 3.98. The van der Waals surface area contributed by atoms with E-state index in [4.69, 9.17) is 0 Å². The number of hydrogen-bond acceptors (Lipinski definition) is 3. The molecule has 0 aliphatic heterocycles. The van der Waals surface area contributed by atoms with Gasteiger partial charge in [-0.25, -0.2) is 0 Å². The van der Waals surface area contributed by atoms with Gasteiger partial charge >= 0.3 is 0 Å². The molecule has 5 nitrogen and oxygen atoms in total. The van der Waals surface area contributed by atoms with Gasteiger partial charge in [0.2, 0.25) is 5.91 Å². The van der Waals surface area contributed by atoms with E-state index in [1.54, 1.807) is 32.3 Å². The predicted octanol–water partition coefficient (Wildman–Crippen LogP) is 1.33. The minimum atomic E-state index is -0.324. The lowest BCUT2D eigenvalue weighted by atomic mass is 10.1. The van der Waals surface area contributed by atoms with E-state index in [0.29, 0.717) is 6.54 Å². The highest BCUT2D eigenvalue weighted by atomic mass is 16.3. The van der Waals surface area contributed by atoms with Gasteiger partial charge in [-0.3, -0.25) is 9.59 Å². The number of likely N-dealkylation sites (N-methyl/N-ethyl adjacent to an activating group) is 1. The maximum absolute atomic E-state index is 12.3. The Hall–Kier alpha value is -2.04. The van der Waals surface area contributed by atoms with Crippen molar-refractivity contribution >= 4 is 11.8 Å². The van der Waals surface area contributed by atoms with Crippen LogP contribution >= 0.6 is 0 Å². The number of aromatic hydroxyl groups is 1. The van der Waals surface area contributed by atoms with Crippen molar-refractivity contribution in [1.29, 1.82) is 0 Å². The predicted molar refractivity (Wildman–Crippen MR) is 73.0 cm³/mol. The first-order chi connectivity index (χ1) is 8.97. The first kappa shape index (κ1) is 15.0. The molecule has 2 amide bonds. The Kier molecular flexibility index (Phi) is 5.36. The summed E-state index contributed by atoms with van der Waals surface area (Å²) in [6, 6.07) is 6.36. The summed E-state index contributed by atoms with van der Waals surface area (Å²) in [6.45, 7) is 2.44. The Bertz CT molecular complexity index is 458. The molecule has 0 bridgehead atoms. The first-order valence-corrected chi connectivity index (χ1v) is 6.24. The fourth-order valence-electron chi connectivity index (χ4n) is 1.65. The largest absolute Gasteiger partial charge is 0.507 e. The number of amides is 2. The van der Waals surface area contributed by atoms with E-state index >= 15 is 0 Å². The Morgan fingerprint density at radius 3 is 2.37 bits per heavy atom. The van der Waals surface area contributed by atoms with Crippen LogP contribution in [0.1, 0.15) is 23.7 Å². The van der Waals surface area contributed by atoms with Crippen LogP contribution in [0.15, 0.2) is 24.3 Å². The molecule has 1 N–H and O–H groups in total. The lowest BCUT2D eigenvalue weighted by molar-refractivity contribution is -0.129. The molecule has 0 heterocycles. The molecule has 0 aromatic heterocycles. The van der Waals surface area contributed by atoms with E-state index in [0.717, 1.165) is 6.42 Å². The summed E-state index contributed by atoms with van der Waals surface area (Å²) in [6.07, 6.45) is 0.750. The molecule has 1 rings (SSSR count). The minimum absolute atomic E-state index is 0.0218. The van der Waals surface area contributed by atoms with Gasteiger partial charge < -0.3 is 14.9 Å². The van der Waals surface area contributed by atoms with Gasteiger partial charge in [-0.1, -0.05) is 19.1 Å². The summed E-state index contributed by atoms with van der Waals surface area (Å²) in [5.41, 5.74) is 0.225. The third-order valence-corrected chi connectivity index (χ3v) is 2.74. The van der Waals surface area contributed by atoms with Crippen molar-refractivity contribution in [3.8, 4) is 5.75 Å². The van der Waals surface area contributed by atoms with Crippen LogP contribution in [0.4, 0.5) is 0 Å². The molecule has 19 heavy (non-hydrogen) atoms. The van der Waals surface area contributed by atoms with Crippen molar-refractivity contribution in [2.24, 2.45) is 0 Å². The van der Waals surface area contributed by atoms with Crippen molar-refractivity contribution < 1.29 is 14.7 Å². The maximum atomic E-state index is 12.3. The fourth-order valence-corrected chi connectivity index (χ4v) is 1.65. The lowest BCUT2D eigenvalue weighted by Gasteiger charge is -2.23. The molecule has 0 saturated carbocycles. The van der Waals surface area contributed by atoms with Gasteiger partial charge in [0.1, 0.15) is 12.3 Å². The number of benzene rings is 1. The normalized spacial score (nSPS) is 10.1. The number of rotatable bonds is 5. The number of phenolic OH excluding ortho intramolecular Hbond substituents is 1. The van der Waals surface area contributed by atoms with Crippen molar-refractivity contribution in [1.82, 2.24) is 9.80 Å². The van der Waals surface area contributed by atoms with Gasteiger partial charge in [-0.15, -0.1) is 0 Å². The van der Waals surface area contributed by atoms with Gasteiger partial charge in [0, 0.05) is 20.6 Å². The average Bonchev–Trinajstić information content (AvgIpc) is 2.37. The van der Waals surface area contributed by atoms with Crippen molar-refractivity contribution in [2.45, 2.75) is 13.3 Å². The van der Waals surface area contributed by atoms with Crippen LogP contribution < -0.4 is 0 Å². The number of carbonyl (C=O) groups excluding carboxylic acids is 2. The molecule has 0 saturated heterocycles. The van der Waals surface area contributed by atoms with Crippen molar-refractivity contribution in [3.63, 3.8) is 0 Å². The molecule has 0 unspecified atom stereocenters. The number of nitrogens with zero attached hydrogens (tertiary/aromatic N) is 2. The summed E-state index contributed by atoms with van der Waals surface area (Å²) in [4.78, 5) is 26.9. The second-order valence-corrected chi connectivity index (χ2v) is 4.53. The summed E-state index contributed by atoms with van der Waals surface area (Å²) < 4.78 is 0. The summed E-state index contributed by atoms with van der Waals surface area (Å²) in [7, 11) is 3.30. The summed E-state index contributed by atoms with van der Waals surface area (Å²) in [5, 5.41) is 9.70. The number of phenols is 1. The Morgan fingerprint density at radius 1 is 1.21 bits per heavy atom. The van der Waals surface area contributed by atoms with Crippen LogP contribution in [-0.4, -0.2) is 53.9 Å². The zero-order valence-corrected chi connectivity index (χ0v) is 11.6. The zero-order valence-electron chi connectivity index (χ0n) is 11.6. The van der Waals surface area contributed by atoms with E-state index < -0.39 is 0 Å².